The summed E-state index contributed by atoms with van der Waals surface area (Å²) in [7, 11) is -3.11. The molecule has 0 spiro atoms. The second kappa shape index (κ2) is 6.33. The molecular weight excluding hydrogens is 201 g/mol. The predicted octanol–water partition coefficient (Wildman–Crippen LogP) is 3.08. The Hall–Kier alpha value is -0.180. The molecule has 0 aliphatic rings. The lowest BCUT2D eigenvalue weighted by molar-refractivity contribution is 0.232. The van der Waals surface area contributed by atoms with Crippen LogP contribution in [0.2, 0.25) is 0 Å². The predicted molar refractivity (Wildman–Crippen MR) is 59.1 cm³/mol. The SMILES string of the molecule is CCOP(=O)(OCC)C(C)=NC(C)C. The van der Waals surface area contributed by atoms with Crippen LogP contribution >= 0.6 is 7.60 Å². The highest BCUT2D eigenvalue weighted by Gasteiger charge is 2.27. The quantitative estimate of drug-likeness (QED) is 0.511. The van der Waals surface area contributed by atoms with Crippen LogP contribution in [0.1, 0.15) is 34.6 Å². The number of nitrogens with zero attached hydrogens (tertiary/aromatic N) is 1. The minimum absolute atomic E-state index is 0.101. The average Bonchev–Trinajstić information content (AvgIpc) is 2.03. The first kappa shape index (κ1) is 13.8. The van der Waals surface area contributed by atoms with Gasteiger partial charge in [-0.05, 0) is 34.6 Å². The third-order valence-electron chi connectivity index (χ3n) is 1.44. The van der Waals surface area contributed by atoms with Gasteiger partial charge in [-0.3, -0.25) is 9.56 Å². The molecule has 0 aromatic carbocycles. The van der Waals surface area contributed by atoms with Crippen LogP contribution in [0.4, 0.5) is 0 Å². The molecule has 84 valence electrons. The molecule has 4 nitrogen and oxygen atoms in total. The van der Waals surface area contributed by atoms with Crippen molar-refractivity contribution in [3.8, 4) is 0 Å². The molecule has 0 amide bonds. The van der Waals surface area contributed by atoms with Crippen molar-refractivity contribution in [2.24, 2.45) is 4.99 Å². The Morgan fingerprint density at radius 2 is 1.71 bits per heavy atom. The van der Waals surface area contributed by atoms with Gasteiger partial charge in [-0.25, -0.2) is 0 Å². The minimum Gasteiger partial charge on any atom is -0.305 e. The second-order valence-corrected chi connectivity index (χ2v) is 5.26. The first-order valence-corrected chi connectivity index (χ1v) is 6.44. The fourth-order valence-electron chi connectivity index (χ4n) is 1.01. The maximum absolute atomic E-state index is 12.1. The van der Waals surface area contributed by atoms with E-state index in [1.165, 1.54) is 0 Å². The zero-order valence-corrected chi connectivity index (χ0v) is 10.5. The second-order valence-electron chi connectivity index (χ2n) is 3.10. The van der Waals surface area contributed by atoms with Crippen LogP contribution in [0.3, 0.4) is 0 Å². The van der Waals surface area contributed by atoms with Crippen LogP contribution in [0.25, 0.3) is 0 Å². The van der Waals surface area contributed by atoms with Gasteiger partial charge in [0, 0.05) is 6.04 Å². The Kier molecular flexibility index (Phi) is 6.25. The van der Waals surface area contributed by atoms with E-state index in [0.29, 0.717) is 18.7 Å². The van der Waals surface area contributed by atoms with E-state index in [9.17, 15) is 4.57 Å². The summed E-state index contributed by atoms with van der Waals surface area (Å²) in [6, 6.07) is 0.101. The largest absolute Gasteiger partial charge is 0.374 e. The number of hydrogen-bond acceptors (Lipinski definition) is 4. The first-order valence-electron chi connectivity index (χ1n) is 4.90. The zero-order valence-electron chi connectivity index (χ0n) is 9.61. The molecule has 0 bridgehead atoms. The van der Waals surface area contributed by atoms with Gasteiger partial charge in [0.15, 0.2) is 0 Å². The fraction of sp³-hybridized carbons (Fsp3) is 0.889. The molecule has 0 atom stereocenters. The molecule has 0 heterocycles. The Morgan fingerprint density at radius 3 is 2.00 bits per heavy atom. The van der Waals surface area contributed by atoms with Gasteiger partial charge in [-0.15, -0.1) is 0 Å². The van der Waals surface area contributed by atoms with E-state index in [0.717, 1.165) is 0 Å². The van der Waals surface area contributed by atoms with Crippen molar-refractivity contribution in [2.45, 2.75) is 40.7 Å². The van der Waals surface area contributed by atoms with Gasteiger partial charge in [-0.2, -0.15) is 0 Å². The number of rotatable bonds is 6. The van der Waals surface area contributed by atoms with Crippen molar-refractivity contribution < 1.29 is 13.6 Å². The van der Waals surface area contributed by atoms with Gasteiger partial charge in [0.25, 0.3) is 0 Å². The third-order valence-corrected chi connectivity index (χ3v) is 3.54. The van der Waals surface area contributed by atoms with E-state index in [2.05, 4.69) is 4.99 Å². The van der Waals surface area contributed by atoms with Gasteiger partial charge in [0.2, 0.25) is 0 Å². The molecule has 0 aliphatic heterocycles. The molecule has 0 aliphatic carbocycles. The monoisotopic (exact) mass is 221 g/mol. The van der Waals surface area contributed by atoms with Crippen LogP contribution in [-0.2, 0) is 13.6 Å². The summed E-state index contributed by atoms with van der Waals surface area (Å²) in [6.07, 6.45) is 0. The molecule has 14 heavy (non-hydrogen) atoms. The van der Waals surface area contributed by atoms with E-state index in [1.807, 2.05) is 13.8 Å². The van der Waals surface area contributed by atoms with Crippen molar-refractivity contribution in [2.75, 3.05) is 13.2 Å². The Morgan fingerprint density at radius 1 is 1.29 bits per heavy atom. The van der Waals surface area contributed by atoms with Crippen molar-refractivity contribution in [1.82, 2.24) is 0 Å². The van der Waals surface area contributed by atoms with Crippen molar-refractivity contribution in [3.05, 3.63) is 0 Å². The average molecular weight is 221 g/mol. The Bertz CT molecular complexity index is 228. The lowest BCUT2D eigenvalue weighted by Crippen LogP contribution is -2.06. The van der Waals surface area contributed by atoms with Gasteiger partial charge < -0.3 is 9.05 Å². The van der Waals surface area contributed by atoms with Crippen LogP contribution in [-0.4, -0.2) is 24.7 Å². The highest BCUT2D eigenvalue weighted by Crippen LogP contribution is 2.49. The molecule has 0 radical (unpaired) electrons. The molecule has 0 aromatic rings. The summed E-state index contributed by atoms with van der Waals surface area (Å²) >= 11 is 0. The number of hydrogen-bond donors (Lipinski definition) is 0. The normalized spacial score (nSPS) is 13.7. The summed E-state index contributed by atoms with van der Waals surface area (Å²) < 4.78 is 22.3. The number of aliphatic imine (C=N–C) groups is 1. The maximum atomic E-state index is 12.1. The summed E-state index contributed by atoms with van der Waals surface area (Å²) in [6.45, 7) is 9.83. The molecule has 5 heteroatoms. The standard InChI is InChI=1S/C9H20NO3P/c1-6-12-14(11,13-7-2)9(5)10-8(3)4/h8H,6-7H2,1-5H3. The van der Waals surface area contributed by atoms with E-state index in [-0.39, 0.29) is 6.04 Å². The van der Waals surface area contributed by atoms with E-state index in [4.69, 9.17) is 9.05 Å². The Labute approximate surface area is 86.2 Å². The van der Waals surface area contributed by atoms with Gasteiger partial charge in [-0.1, -0.05) is 0 Å². The van der Waals surface area contributed by atoms with E-state index in [1.54, 1.807) is 20.8 Å². The summed E-state index contributed by atoms with van der Waals surface area (Å²) in [5.74, 6) is 0. The summed E-state index contributed by atoms with van der Waals surface area (Å²) in [5.41, 5.74) is 0.455. The smallest absolute Gasteiger partial charge is 0.305 e. The van der Waals surface area contributed by atoms with E-state index >= 15 is 0 Å². The molecule has 0 N–H and O–H groups in total. The highest BCUT2D eigenvalue weighted by atomic mass is 31.2. The van der Waals surface area contributed by atoms with Crippen LogP contribution in [0.15, 0.2) is 4.99 Å². The van der Waals surface area contributed by atoms with Crippen molar-refractivity contribution in [1.29, 1.82) is 0 Å². The van der Waals surface area contributed by atoms with Crippen LogP contribution < -0.4 is 0 Å². The molecule has 0 fully saturated rings. The van der Waals surface area contributed by atoms with Gasteiger partial charge in [0.05, 0.1) is 13.2 Å². The molecule has 0 saturated heterocycles. The molecular formula is C9H20NO3P. The third kappa shape index (κ3) is 4.36. The fourth-order valence-corrected chi connectivity index (χ4v) is 2.51. The van der Waals surface area contributed by atoms with Crippen LogP contribution in [0.5, 0.6) is 0 Å². The van der Waals surface area contributed by atoms with Crippen molar-refractivity contribution >= 4 is 13.0 Å². The van der Waals surface area contributed by atoms with Gasteiger partial charge in [0.1, 0.15) is 5.45 Å². The first-order chi connectivity index (χ1) is 6.46. The molecule has 0 saturated carbocycles. The van der Waals surface area contributed by atoms with Crippen molar-refractivity contribution in [3.63, 3.8) is 0 Å². The Balaban J connectivity index is 4.72. The minimum atomic E-state index is -3.11. The van der Waals surface area contributed by atoms with E-state index < -0.39 is 7.60 Å². The highest BCUT2D eigenvalue weighted by molar-refractivity contribution is 7.72. The molecule has 0 aromatic heterocycles. The molecule has 0 unspecified atom stereocenters. The summed E-state index contributed by atoms with van der Waals surface area (Å²) in [5, 5.41) is 0. The lowest BCUT2D eigenvalue weighted by Gasteiger charge is -2.17. The summed E-state index contributed by atoms with van der Waals surface area (Å²) in [4.78, 5) is 4.19. The lowest BCUT2D eigenvalue weighted by atomic mass is 10.4. The maximum Gasteiger partial charge on any atom is 0.374 e. The molecule has 0 rings (SSSR count). The zero-order chi connectivity index (χ0) is 11.2. The topological polar surface area (TPSA) is 47.9 Å². The van der Waals surface area contributed by atoms with Crippen LogP contribution in [0, 0.1) is 0 Å². The van der Waals surface area contributed by atoms with Gasteiger partial charge >= 0.3 is 7.60 Å².